The molecule has 5 fully saturated rings. The number of carbonyl (C=O) groups excluding carboxylic acids is 2. The van der Waals surface area contributed by atoms with Gasteiger partial charge in [-0.3, -0.25) is 14.5 Å². The molecule has 1 saturated heterocycles. The Kier molecular flexibility index (Phi) is 4.30. The molecule has 2 amide bonds. The van der Waals surface area contributed by atoms with Crippen molar-refractivity contribution in [1.29, 1.82) is 0 Å². The largest absolute Gasteiger partial charge is 0.353 e. The van der Waals surface area contributed by atoms with Gasteiger partial charge in [0.1, 0.15) is 0 Å². The maximum Gasteiger partial charge on any atom is 0.228 e. The van der Waals surface area contributed by atoms with Gasteiger partial charge < -0.3 is 5.32 Å². The van der Waals surface area contributed by atoms with Gasteiger partial charge in [0.2, 0.25) is 11.8 Å². The number of thiazole rings is 1. The van der Waals surface area contributed by atoms with Gasteiger partial charge in [-0.2, -0.15) is 0 Å². The fraction of sp³-hybridized carbons (Fsp3) is 0.762. The number of amides is 2. The Hall–Kier alpha value is -1.43. The first-order chi connectivity index (χ1) is 13.0. The van der Waals surface area contributed by atoms with Crippen LogP contribution in [0.4, 0.5) is 5.13 Å². The van der Waals surface area contributed by atoms with Crippen LogP contribution in [0.25, 0.3) is 0 Å². The Morgan fingerprint density at radius 1 is 1.30 bits per heavy atom. The molecule has 1 aromatic rings. The highest BCUT2D eigenvalue weighted by Gasteiger charge is 2.53. The molecule has 1 aliphatic heterocycles. The van der Waals surface area contributed by atoms with Crippen LogP contribution in [0.5, 0.6) is 0 Å². The number of hydrogen-bond acceptors (Lipinski definition) is 4. The average Bonchev–Trinajstić information content (AvgIpc) is 3.22. The number of nitrogens with zero attached hydrogens (tertiary/aromatic N) is 2. The van der Waals surface area contributed by atoms with Gasteiger partial charge >= 0.3 is 0 Å². The SMILES string of the molecule is CC(NC(=O)Cc1csc(N2CCCC2=O)n1)C12CC3CC(CC(C3)C1)C2. The topological polar surface area (TPSA) is 62.3 Å². The second-order valence-electron chi connectivity index (χ2n) is 9.52. The van der Waals surface area contributed by atoms with Gasteiger partial charge in [0, 0.05) is 24.4 Å². The molecule has 1 aromatic heterocycles. The fourth-order valence-electron chi connectivity index (χ4n) is 6.67. The van der Waals surface area contributed by atoms with Crippen molar-refractivity contribution in [2.75, 3.05) is 11.4 Å². The number of hydrogen-bond donors (Lipinski definition) is 1. The van der Waals surface area contributed by atoms with Crippen LogP contribution >= 0.6 is 11.3 Å². The molecule has 1 N–H and O–H groups in total. The van der Waals surface area contributed by atoms with E-state index in [1.54, 1.807) is 4.90 Å². The Morgan fingerprint density at radius 3 is 2.56 bits per heavy atom. The van der Waals surface area contributed by atoms with Crippen molar-refractivity contribution < 1.29 is 9.59 Å². The van der Waals surface area contributed by atoms with Crippen LogP contribution < -0.4 is 10.2 Å². The number of carbonyl (C=O) groups is 2. The second-order valence-corrected chi connectivity index (χ2v) is 10.4. The third-order valence-corrected chi connectivity index (χ3v) is 8.48. The number of nitrogens with one attached hydrogen (secondary N) is 1. The highest BCUT2D eigenvalue weighted by molar-refractivity contribution is 7.14. The summed E-state index contributed by atoms with van der Waals surface area (Å²) in [6.07, 6.45) is 10.0. The predicted molar refractivity (Wildman–Crippen MR) is 106 cm³/mol. The van der Waals surface area contributed by atoms with Gasteiger partial charge in [0.25, 0.3) is 0 Å². The molecule has 4 saturated carbocycles. The zero-order valence-corrected chi connectivity index (χ0v) is 16.9. The van der Waals surface area contributed by atoms with Gasteiger partial charge in [-0.05, 0) is 75.0 Å². The van der Waals surface area contributed by atoms with Gasteiger partial charge in [-0.25, -0.2) is 4.98 Å². The minimum absolute atomic E-state index is 0.0721. The standard InChI is InChI=1S/C21H29N3O2S/c1-13(21-9-14-5-15(10-21)7-16(6-14)11-21)22-18(25)8-17-12-27-20(23-17)24-4-2-3-19(24)26/h12-16H,2-11H2,1H3,(H,22,25). The van der Waals surface area contributed by atoms with Crippen LogP contribution in [0.2, 0.25) is 0 Å². The molecule has 1 atom stereocenters. The first-order valence-corrected chi connectivity index (χ1v) is 11.4. The molecule has 27 heavy (non-hydrogen) atoms. The quantitative estimate of drug-likeness (QED) is 0.841. The summed E-state index contributed by atoms with van der Waals surface area (Å²) in [5, 5.41) is 5.99. The van der Waals surface area contributed by atoms with Crippen LogP contribution in [-0.2, 0) is 16.0 Å². The van der Waals surface area contributed by atoms with E-state index >= 15 is 0 Å². The maximum atomic E-state index is 12.7. The molecule has 146 valence electrons. The van der Waals surface area contributed by atoms with E-state index in [9.17, 15) is 9.59 Å². The summed E-state index contributed by atoms with van der Waals surface area (Å²) in [7, 11) is 0. The van der Waals surface area contributed by atoms with Gasteiger partial charge in [0.05, 0.1) is 12.1 Å². The van der Waals surface area contributed by atoms with E-state index in [2.05, 4.69) is 17.2 Å². The molecule has 2 heterocycles. The predicted octanol–water partition coefficient (Wildman–Crippen LogP) is 3.53. The summed E-state index contributed by atoms with van der Waals surface area (Å²) >= 11 is 1.47. The average molecular weight is 388 g/mol. The second kappa shape index (κ2) is 6.57. The summed E-state index contributed by atoms with van der Waals surface area (Å²) < 4.78 is 0. The van der Waals surface area contributed by atoms with Crippen LogP contribution in [-0.4, -0.2) is 29.4 Å². The van der Waals surface area contributed by atoms with Gasteiger partial charge in [-0.1, -0.05) is 0 Å². The van der Waals surface area contributed by atoms with E-state index < -0.39 is 0 Å². The van der Waals surface area contributed by atoms with Crippen LogP contribution in [0.1, 0.15) is 64.0 Å². The van der Waals surface area contributed by atoms with Crippen molar-refractivity contribution in [2.24, 2.45) is 23.2 Å². The lowest BCUT2D eigenvalue weighted by Crippen LogP contribution is -2.56. The molecular weight excluding hydrogens is 358 g/mol. The maximum absolute atomic E-state index is 12.7. The Labute approximate surface area is 164 Å². The fourth-order valence-corrected chi connectivity index (χ4v) is 7.54. The third kappa shape index (κ3) is 3.20. The van der Waals surface area contributed by atoms with Crippen molar-refractivity contribution in [3.05, 3.63) is 11.1 Å². The highest BCUT2D eigenvalue weighted by Crippen LogP contribution is 2.61. The van der Waals surface area contributed by atoms with Gasteiger partial charge in [0.15, 0.2) is 5.13 Å². The van der Waals surface area contributed by atoms with E-state index in [0.29, 0.717) is 18.3 Å². The summed E-state index contributed by atoms with van der Waals surface area (Å²) in [5.74, 6) is 2.91. The van der Waals surface area contributed by atoms with Crippen molar-refractivity contribution >= 4 is 28.3 Å². The van der Waals surface area contributed by atoms with Crippen molar-refractivity contribution in [1.82, 2.24) is 10.3 Å². The number of aromatic nitrogens is 1. The first kappa shape index (κ1) is 17.7. The van der Waals surface area contributed by atoms with Crippen LogP contribution in [0.15, 0.2) is 5.38 Å². The van der Waals surface area contributed by atoms with Crippen molar-refractivity contribution in [3.63, 3.8) is 0 Å². The molecule has 0 spiro atoms. The van der Waals surface area contributed by atoms with E-state index in [-0.39, 0.29) is 17.9 Å². The first-order valence-electron chi connectivity index (χ1n) is 10.5. The molecule has 0 aromatic carbocycles. The monoisotopic (exact) mass is 387 g/mol. The molecule has 5 aliphatic rings. The van der Waals surface area contributed by atoms with E-state index in [1.165, 1.54) is 49.9 Å². The normalized spacial score (nSPS) is 35.7. The van der Waals surface area contributed by atoms with Crippen molar-refractivity contribution in [3.8, 4) is 0 Å². The smallest absolute Gasteiger partial charge is 0.228 e. The summed E-state index contributed by atoms with van der Waals surface area (Å²) in [6.45, 7) is 2.97. The summed E-state index contributed by atoms with van der Waals surface area (Å²) in [6, 6.07) is 0.247. The molecule has 1 unspecified atom stereocenters. The summed E-state index contributed by atoms with van der Waals surface area (Å²) in [4.78, 5) is 30.9. The lowest BCUT2D eigenvalue weighted by molar-refractivity contribution is -0.125. The molecule has 5 nitrogen and oxygen atoms in total. The molecule has 6 heteroatoms. The summed E-state index contributed by atoms with van der Waals surface area (Å²) in [5.41, 5.74) is 1.12. The van der Waals surface area contributed by atoms with E-state index in [1.807, 2.05) is 5.38 Å². The lowest BCUT2D eigenvalue weighted by atomic mass is 9.48. The van der Waals surface area contributed by atoms with E-state index in [0.717, 1.165) is 41.5 Å². The van der Waals surface area contributed by atoms with Gasteiger partial charge in [-0.15, -0.1) is 11.3 Å². The Morgan fingerprint density at radius 2 is 1.96 bits per heavy atom. The zero-order valence-electron chi connectivity index (χ0n) is 16.1. The number of anilines is 1. The Balaban J connectivity index is 1.21. The van der Waals surface area contributed by atoms with E-state index in [4.69, 9.17) is 0 Å². The molecule has 6 rings (SSSR count). The number of rotatable bonds is 5. The van der Waals surface area contributed by atoms with Crippen LogP contribution in [0.3, 0.4) is 0 Å². The minimum atomic E-state index is 0.0721. The highest BCUT2D eigenvalue weighted by atomic mass is 32.1. The minimum Gasteiger partial charge on any atom is -0.353 e. The zero-order chi connectivity index (χ0) is 18.6. The Bertz CT molecular complexity index is 723. The van der Waals surface area contributed by atoms with Crippen molar-refractivity contribution in [2.45, 2.75) is 70.8 Å². The molecule has 4 bridgehead atoms. The van der Waals surface area contributed by atoms with Crippen LogP contribution in [0, 0.1) is 23.2 Å². The molecular formula is C21H29N3O2S. The molecule has 4 aliphatic carbocycles. The lowest BCUT2D eigenvalue weighted by Gasteiger charge is -2.59. The molecule has 0 radical (unpaired) electrons. The third-order valence-electron chi connectivity index (χ3n) is 7.57.